The molecule has 0 amide bonds. The quantitative estimate of drug-likeness (QED) is 0.817. The molecular formula is C14H14BFO3. The molecule has 2 N–H and O–H groups in total. The van der Waals surface area contributed by atoms with E-state index in [-0.39, 0.29) is 12.1 Å². The van der Waals surface area contributed by atoms with Gasteiger partial charge in [0.15, 0.2) is 0 Å². The fourth-order valence-electron chi connectivity index (χ4n) is 1.80. The highest BCUT2D eigenvalue weighted by atomic mass is 19.1. The number of benzene rings is 2. The second kappa shape index (κ2) is 5.86. The maximum atomic E-state index is 13.1. The van der Waals surface area contributed by atoms with E-state index >= 15 is 0 Å². The van der Waals surface area contributed by atoms with Crippen molar-refractivity contribution in [1.82, 2.24) is 0 Å². The van der Waals surface area contributed by atoms with E-state index in [0.29, 0.717) is 11.3 Å². The number of rotatable bonds is 4. The second-order valence-corrected chi connectivity index (χ2v) is 4.32. The molecule has 0 aliphatic carbocycles. The largest absolute Gasteiger partial charge is 0.489 e. The lowest BCUT2D eigenvalue weighted by Crippen LogP contribution is -2.34. The van der Waals surface area contributed by atoms with E-state index in [2.05, 4.69) is 0 Å². The fraction of sp³-hybridized carbons (Fsp3) is 0.143. The van der Waals surface area contributed by atoms with Gasteiger partial charge >= 0.3 is 7.12 Å². The first-order chi connectivity index (χ1) is 9.06. The number of hydrogen-bond donors (Lipinski definition) is 2. The van der Waals surface area contributed by atoms with Crippen LogP contribution in [-0.2, 0) is 6.61 Å². The Kier molecular flexibility index (Phi) is 4.19. The SMILES string of the molecule is Cc1cccc(OCc2ccc(F)cc2B(O)O)c1. The summed E-state index contributed by atoms with van der Waals surface area (Å²) in [6.45, 7) is 2.10. The molecule has 5 heteroatoms. The Balaban J connectivity index is 2.15. The van der Waals surface area contributed by atoms with Gasteiger partial charge in [0.2, 0.25) is 0 Å². The lowest BCUT2D eigenvalue weighted by molar-refractivity contribution is 0.306. The van der Waals surface area contributed by atoms with Gasteiger partial charge in [-0.2, -0.15) is 0 Å². The van der Waals surface area contributed by atoms with E-state index in [9.17, 15) is 14.4 Å². The van der Waals surface area contributed by atoms with Crippen molar-refractivity contribution in [2.75, 3.05) is 0 Å². The summed E-state index contributed by atoms with van der Waals surface area (Å²) in [6, 6.07) is 11.4. The van der Waals surface area contributed by atoms with E-state index in [1.807, 2.05) is 31.2 Å². The maximum Gasteiger partial charge on any atom is 0.488 e. The summed E-state index contributed by atoms with van der Waals surface area (Å²) in [5.74, 6) is 0.171. The Morgan fingerprint density at radius 3 is 2.63 bits per heavy atom. The van der Waals surface area contributed by atoms with Gasteiger partial charge in [-0.25, -0.2) is 4.39 Å². The van der Waals surface area contributed by atoms with Crippen molar-refractivity contribution in [3.05, 3.63) is 59.4 Å². The third-order valence-corrected chi connectivity index (χ3v) is 2.77. The predicted molar refractivity (Wildman–Crippen MR) is 71.7 cm³/mol. The Labute approximate surface area is 111 Å². The molecule has 0 aliphatic rings. The van der Waals surface area contributed by atoms with Crippen LogP contribution in [0.3, 0.4) is 0 Å². The van der Waals surface area contributed by atoms with Gasteiger partial charge in [0.25, 0.3) is 0 Å². The fourth-order valence-corrected chi connectivity index (χ4v) is 1.80. The highest BCUT2D eigenvalue weighted by Gasteiger charge is 2.17. The van der Waals surface area contributed by atoms with Crippen molar-refractivity contribution in [1.29, 1.82) is 0 Å². The standard InChI is InChI=1S/C14H14BFO3/c1-10-3-2-4-13(7-10)19-9-11-5-6-12(16)8-14(11)15(17)18/h2-8,17-18H,9H2,1H3. The average Bonchev–Trinajstić information content (AvgIpc) is 2.37. The molecule has 0 atom stereocenters. The molecule has 2 aromatic carbocycles. The van der Waals surface area contributed by atoms with Gasteiger partial charge in [-0.15, -0.1) is 0 Å². The topological polar surface area (TPSA) is 49.7 Å². The van der Waals surface area contributed by atoms with Crippen LogP contribution in [0.2, 0.25) is 0 Å². The van der Waals surface area contributed by atoms with Gasteiger partial charge in [-0.3, -0.25) is 0 Å². The van der Waals surface area contributed by atoms with Crippen LogP contribution in [0.25, 0.3) is 0 Å². The molecule has 0 saturated heterocycles. The minimum Gasteiger partial charge on any atom is -0.489 e. The van der Waals surface area contributed by atoms with Crippen molar-refractivity contribution in [3.8, 4) is 5.75 Å². The van der Waals surface area contributed by atoms with E-state index in [1.165, 1.54) is 12.1 Å². The zero-order valence-corrected chi connectivity index (χ0v) is 10.5. The van der Waals surface area contributed by atoms with Crippen LogP contribution in [0.5, 0.6) is 5.75 Å². The first kappa shape index (κ1) is 13.6. The summed E-state index contributed by atoms with van der Waals surface area (Å²) in [7, 11) is -1.72. The van der Waals surface area contributed by atoms with Gasteiger partial charge < -0.3 is 14.8 Å². The van der Waals surface area contributed by atoms with Gasteiger partial charge in [0.05, 0.1) is 0 Å². The minimum atomic E-state index is -1.72. The Morgan fingerprint density at radius 1 is 1.16 bits per heavy atom. The number of halogens is 1. The molecule has 3 nitrogen and oxygen atoms in total. The van der Waals surface area contributed by atoms with Gasteiger partial charge in [0.1, 0.15) is 18.2 Å². The molecule has 0 heterocycles. The predicted octanol–water partition coefficient (Wildman–Crippen LogP) is 1.39. The Bertz CT molecular complexity index is 572. The van der Waals surface area contributed by atoms with E-state index < -0.39 is 12.9 Å². The molecule has 0 fully saturated rings. The lowest BCUT2D eigenvalue weighted by Gasteiger charge is -2.11. The summed E-state index contributed by atoms with van der Waals surface area (Å²) in [4.78, 5) is 0. The molecule has 0 aliphatic heterocycles. The van der Waals surface area contributed by atoms with Gasteiger partial charge in [-0.1, -0.05) is 18.2 Å². The molecule has 98 valence electrons. The summed E-state index contributed by atoms with van der Waals surface area (Å²) in [6.07, 6.45) is 0. The molecule has 2 aromatic rings. The third-order valence-electron chi connectivity index (χ3n) is 2.77. The van der Waals surface area contributed by atoms with E-state index in [0.717, 1.165) is 11.6 Å². The summed E-state index contributed by atoms with van der Waals surface area (Å²) in [5, 5.41) is 18.4. The first-order valence-corrected chi connectivity index (χ1v) is 5.90. The molecule has 0 spiro atoms. The maximum absolute atomic E-state index is 13.1. The first-order valence-electron chi connectivity index (χ1n) is 5.90. The van der Waals surface area contributed by atoms with Crippen LogP contribution >= 0.6 is 0 Å². The molecule has 0 saturated carbocycles. The minimum absolute atomic E-state index is 0.118. The third kappa shape index (κ3) is 3.56. The molecule has 0 unspecified atom stereocenters. The molecular weight excluding hydrogens is 246 g/mol. The van der Waals surface area contributed by atoms with Crippen LogP contribution in [-0.4, -0.2) is 17.2 Å². The smallest absolute Gasteiger partial charge is 0.488 e. The van der Waals surface area contributed by atoms with Crippen molar-refractivity contribution >= 4 is 12.6 Å². The van der Waals surface area contributed by atoms with Crippen molar-refractivity contribution < 1.29 is 19.2 Å². The van der Waals surface area contributed by atoms with Crippen LogP contribution < -0.4 is 10.2 Å². The normalized spacial score (nSPS) is 10.3. The molecule has 0 radical (unpaired) electrons. The van der Waals surface area contributed by atoms with Crippen LogP contribution in [0, 0.1) is 12.7 Å². The van der Waals surface area contributed by atoms with Crippen molar-refractivity contribution in [2.45, 2.75) is 13.5 Å². The van der Waals surface area contributed by atoms with Crippen molar-refractivity contribution in [3.63, 3.8) is 0 Å². The number of hydrogen-bond acceptors (Lipinski definition) is 3. The molecule has 0 aromatic heterocycles. The van der Waals surface area contributed by atoms with Crippen molar-refractivity contribution in [2.24, 2.45) is 0 Å². The Morgan fingerprint density at radius 2 is 1.95 bits per heavy atom. The van der Waals surface area contributed by atoms with Crippen LogP contribution in [0.15, 0.2) is 42.5 Å². The highest BCUT2D eigenvalue weighted by Crippen LogP contribution is 2.14. The van der Waals surface area contributed by atoms with E-state index in [1.54, 1.807) is 0 Å². The Hall–Kier alpha value is -1.85. The second-order valence-electron chi connectivity index (χ2n) is 4.32. The lowest BCUT2D eigenvalue weighted by atomic mass is 9.77. The average molecular weight is 260 g/mol. The van der Waals surface area contributed by atoms with E-state index in [4.69, 9.17) is 4.74 Å². The zero-order chi connectivity index (χ0) is 13.8. The summed E-state index contributed by atoms with van der Waals surface area (Å²) < 4.78 is 18.6. The van der Waals surface area contributed by atoms with Crippen LogP contribution in [0.1, 0.15) is 11.1 Å². The summed E-state index contributed by atoms with van der Waals surface area (Å²) >= 11 is 0. The van der Waals surface area contributed by atoms with Gasteiger partial charge in [-0.05, 0) is 47.8 Å². The molecule has 2 rings (SSSR count). The summed E-state index contributed by atoms with van der Waals surface area (Å²) in [5.41, 5.74) is 1.73. The molecule has 0 bridgehead atoms. The monoisotopic (exact) mass is 260 g/mol. The molecule has 19 heavy (non-hydrogen) atoms. The van der Waals surface area contributed by atoms with Gasteiger partial charge in [0, 0.05) is 0 Å². The number of ether oxygens (including phenoxy) is 1. The zero-order valence-electron chi connectivity index (χ0n) is 10.5. The highest BCUT2D eigenvalue weighted by molar-refractivity contribution is 6.59. The number of aryl methyl sites for hydroxylation is 1. The van der Waals surface area contributed by atoms with Crippen LogP contribution in [0.4, 0.5) is 4.39 Å².